The fourth-order valence-corrected chi connectivity index (χ4v) is 8.75. The number of nitro groups is 1. The standard InChI is InChI=1S/C23H36N2O7SSi/c1-17(26)31-18(2)33-16-21(34(6,23(3,4)5)32-24-13-7-8-14-24)22(27)30-15-19-9-11-20(12-10-19)25(28)29/h9-12,18,21H,7-8,13-16H2,1-6H3/t18-,21+,34?/m0/s1. The molecule has 3 atom stereocenters. The molecule has 1 saturated heterocycles. The van der Waals surface area contributed by atoms with Gasteiger partial charge in [-0.15, -0.1) is 11.8 Å². The number of esters is 2. The van der Waals surface area contributed by atoms with Crippen LogP contribution >= 0.6 is 11.8 Å². The Bertz CT molecular complexity index is 856. The molecule has 1 heterocycles. The topological polar surface area (TPSA) is 108 Å². The first-order chi connectivity index (χ1) is 15.8. The Balaban J connectivity index is 2.23. The van der Waals surface area contributed by atoms with Gasteiger partial charge in [0, 0.05) is 37.9 Å². The van der Waals surface area contributed by atoms with Crippen molar-refractivity contribution in [1.29, 1.82) is 0 Å². The summed E-state index contributed by atoms with van der Waals surface area (Å²) in [4.78, 5) is 35.2. The number of carbonyl (C=O) groups is 2. The van der Waals surface area contributed by atoms with Gasteiger partial charge in [-0.3, -0.25) is 19.7 Å². The molecule has 1 aromatic rings. The third-order valence-corrected chi connectivity index (χ3v) is 13.0. The van der Waals surface area contributed by atoms with Gasteiger partial charge in [0.25, 0.3) is 5.69 Å². The van der Waals surface area contributed by atoms with Crippen LogP contribution in [0.4, 0.5) is 5.69 Å². The van der Waals surface area contributed by atoms with Crippen LogP contribution in [0.2, 0.25) is 17.1 Å². The molecule has 1 aliphatic heterocycles. The van der Waals surface area contributed by atoms with E-state index in [9.17, 15) is 19.7 Å². The van der Waals surface area contributed by atoms with Gasteiger partial charge in [-0.2, -0.15) is 0 Å². The number of hydrogen-bond acceptors (Lipinski definition) is 9. The normalized spacial score (nSPS) is 18.1. The molecule has 34 heavy (non-hydrogen) atoms. The molecule has 1 aromatic carbocycles. The van der Waals surface area contributed by atoms with Crippen LogP contribution in [0.5, 0.6) is 0 Å². The van der Waals surface area contributed by atoms with Crippen LogP contribution in [-0.4, -0.2) is 54.5 Å². The Morgan fingerprint density at radius 3 is 2.29 bits per heavy atom. The number of thioether (sulfide) groups is 1. The van der Waals surface area contributed by atoms with Gasteiger partial charge in [-0.25, -0.2) is 5.06 Å². The summed E-state index contributed by atoms with van der Waals surface area (Å²) in [5.74, 6) is -0.355. The summed E-state index contributed by atoms with van der Waals surface area (Å²) >= 11 is 1.39. The number of benzene rings is 1. The zero-order valence-corrected chi connectivity index (χ0v) is 22.7. The van der Waals surface area contributed by atoms with E-state index >= 15 is 0 Å². The largest absolute Gasteiger partial charge is 0.461 e. The van der Waals surface area contributed by atoms with Gasteiger partial charge in [0.15, 0.2) is 0 Å². The van der Waals surface area contributed by atoms with E-state index < -0.39 is 24.2 Å². The molecule has 0 bridgehead atoms. The summed E-state index contributed by atoms with van der Waals surface area (Å²) < 4.78 is 17.6. The van der Waals surface area contributed by atoms with E-state index in [0.29, 0.717) is 11.3 Å². The average Bonchev–Trinajstić information content (AvgIpc) is 3.24. The van der Waals surface area contributed by atoms with Crippen molar-refractivity contribution in [1.82, 2.24) is 5.06 Å². The quantitative estimate of drug-likeness (QED) is 0.132. The van der Waals surface area contributed by atoms with Gasteiger partial charge in [0.2, 0.25) is 8.32 Å². The number of nitro benzene ring substituents is 1. The monoisotopic (exact) mass is 512 g/mol. The maximum atomic E-state index is 13.5. The van der Waals surface area contributed by atoms with Crippen molar-refractivity contribution in [2.24, 2.45) is 0 Å². The van der Waals surface area contributed by atoms with Crippen LogP contribution < -0.4 is 0 Å². The van der Waals surface area contributed by atoms with E-state index in [1.165, 1.54) is 30.8 Å². The maximum absolute atomic E-state index is 13.5. The first-order valence-electron chi connectivity index (χ1n) is 11.5. The fraction of sp³-hybridized carbons (Fsp3) is 0.652. The Morgan fingerprint density at radius 2 is 1.79 bits per heavy atom. The van der Waals surface area contributed by atoms with Gasteiger partial charge in [-0.05, 0) is 49.0 Å². The zero-order chi connectivity index (χ0) is 25.5. The van der Waals surface area contributed by atoms with Crippen molar-refractivity contribution in [3.05, 3.63) is 39.9 Å². The first kappa shape index (κ1) is 28.3. The molecular formula is C23H36N2O7SSi. The average molecular weight is 513 g/mol. The highest BCUT2D eigenvalue weighted by Gasteiger charge is 2.54. The lowest BCUT2D eigenvalue weighted by molar-refractivity contribution is -0.384. The molecule has 0 N–H and O–H groups in total. The summed E-state index contributed by atoms with van der Waals surface area (Å²) in [6.45, 7) is 13.2. The molecular weight excluding hydrogens is 476 g/mol. The van der Waals surface area contributed by atoms with E-state index in [1.54, 1.807) is 19.1 Å². The minimum Gasteiger partial charge on any atom is -0.461 e. The van der Waals surface area contributed by atoms with E-state index in [1.807, 2.05) is 5.06 Å². The molecule has 0 amide bonds. The minimum absolute atomic E-state index is 0.00975. The molecule has 0 aromatic heterocycles. The fourth-order valence-electron chi connectivity index (χ4n) is 3.69. The van der Waals surface area contributed by atoms with Gasteiger partial charge < -0.3 is 14.0 Å². The van der Waals surface area contributed by atoms with E-state index in [2.05, 4.69) is 27.3 Å². The lowest BCUT2D eigenvalue weighted by atomic mass is 10.2. The number of hydroxylamine groups is 2. The summed E-state index contributed by atoms with van der Waals surface area (Å²) in [5.41, 5.74) is -0.282. The third kappa shape index (κ3) is 7.79. The summed E-state index contributed by atoms with van der Waals surface area (Å²) in [6, 6.07) is 5.95. The predicted octanol–water partition coefficient (Wildman–Crippen LogP) is 5.05. The number of hydrogen-bond donors (Lipinski definition) is 0. The van der Waals surface area contributed by atoms with Gasteiger partial charge >= 0.3 is 11.9 Å². The maximum Gasteiger partial charge on any atom is 0.309 e. The molecule has 0 radical (unpaired) electrons. The van der Waals surface area contributed by atoms with E-state index in [-0.39, 0.29) is 29.3 Å². The summed E-state index contributed by atoms with van der Waals surface area (Å²) in [6.07, 6.45) is 2.12. The highest BCUT2D eigenvalue weighted by molar-refractivity contribution is 7.99. The second-order valence-corrected chi connectivity index (χ2v) is 15.6. The van der Waals surface area contributed by atoms with Crippen molar-refractivity contribution in [3.8, 4) is 0 Å². The van der Waals surface area contributed by atoms with Crippen LogP contribution in [0.1, 0.15) is 53.0 Å². The number of ether oxygens (including phenoxy) is 2. The van der Waals surface area contributed by atoms with Crippen LogP contribution in [0.25, 0.3) is 0 Å². The Hall–Kier alpha value is -1.95. The van der Waals surface area contributed by atoms with Crippen molar-refractivity contribution < 1.29 is 28.5 Å². The minimum atomic E-state index is -2.78. The first-order valence-corrected chi connectivity index (χ1v) is 15.0. The van der Waals surface area contributed by atoms with E-state index in [4.69, 9.17) is 14.0 Å². The van der Waals surface area contributed by atoms with Crippen molar-refractivity contribution in [3.63, 3.8) is 0 Å². The van der Waals surface area contributed by atoms with Crippen molar-refractivity contribution in [2.45, 2.75) is 76.6 Å². The zero-order valence-electron chi connectivity index (χ0n) is 20.9. The Labute approximate surface area is 206 Å². The van der Waals surface area contributed by atoms with E-state index in [0.717, 1.165) is 25.9 Å². The SMILES string of the molecule is CC(=O)O[C@H](C)SC[C@H](C(=O)OCc1ccc([N+](=O)[O-])cc1)[Si](C)(ON1CCCC1)C(C)(C)C. The molecule has 11 heteroatoms. The molecule has 0 aliphatic carbocycles. The number of carbonyl (C=O) groups excluding carboxylic acids is 2. The van der Waals surface area contributed by atoms with Gasteiger partial charge in [0.1, 0.15) is 12.0 Å². The Kier molecular flexibility index (Phi) is 10.1. The molecule has 190 valence electrons. The molecule has 0 spiro atoms. The molecule has 0 saturated carbocycles. The van der Waals surface area contributed by atoms with Crippen LogP contribution in [0, 0.1) is 10.1 Å². The van der Waals surface area contributed by atoms with Crippen molar-refractivity contribution >= 4 is 37.7 Å². The second-order valence-electron chi connectivity index (χ2n) is 9.68. The predicted molar refractivity (Wildman–Crippen MR) is 134 cm³/mol. The number of rotatable bonds is 11. The molecule has 2 rings (SSSR count). The molecule has 1 fully saturated rings. The van der Waals surface area contributed by atoms with Crippen LogP contribution in [0.3, 0.4) is 0 Å². The van der Waals surface area contributed by atoms with Crippen LogP contribution in [0.15, 0.2) is 24.3 Å². The van der Waals surface area contributed by atoms with Crippen LogP contribution in [-0.2, 0) is 30.2 Å². The third-order valence-electron chi connectivity index (χ3n) is 6.18. The van der Waals surface area contributed by atoms with Gasteiger partial charge in [0.05, 0.1) is 10.5 Å². The number of non-ortho nitro benzene ring substituents is 1. The highest BCUT2D eigenvalue weighted by atomic mass is 32.2. The number of nitrogens with zero attached hydrogens (tertiary/aromatic N) is 2. The summed E-state index contributed by atoms with van der Waals surface area (Å²) in [5, 5.41) is 12.6. The summed E-state index contributed by atoms with van der Waals surface area (Å²) in [7, 11) is -2.78. The molecule has 9 nitrogen and oxygen atoms in total. The molecule has 1 aliphatic rings. The molecule has 1 unspecified atom stereocenters. The smallest absolute Gasteiger partial charge is 0.309 e. The lowest BCUT2D eigenvalue weighted by Crippen LogP contribution is -2.55. The second kappa shape index (κ2) is 12.1. The Morgan fingerprint density at radius 1 is 1.21 bits per heavy atom. The highest BCUT2D eigenvalue weighted by Crippen LogP contribution is 2.47. The lowest BCUT2D eigenvalue weighted by Gasteiger charge is -2.45. The van der Waals surface area contributed by atoms with Gasteiger partial charge in [-0.1, -0.05) is 20.8 Å². The van der Waals surface area contributed by atoms with Crippen molar-refractivity contribution in [2.75, 3.05) is 18.8 Å².